The number of thiazole rings is 1. The molecule has 5 heteroatoms. The largest absolute Gasteiger partial charge is 0.319 e. The third-order valence-corrected chi connectivity index (χ3v) is 4.93. The average Bonchev–Trinajstić information content (AvgIpc) is 2.99. The summed E-state index contributed by atoms with van der Waals surface area (Å²) in [5, 5.41) is 6.48. The maximum atomic E-state index is 4.73. The first-order valence-electron chi connectivity index (χ1n) is 7.58. The molecule has 3 heterocycles. The Morgan fingerprint density at radius 2 is 2.19 bits per heavy atom. The number of hydrogen-bond donors (Lipinski definition) is 1. The monoisotopic (exact) mass is 302 g/mol. The first-order valence-corrected chi connectivity index (χ1v) is 8.46. The molecule has 0 atom stereocenters. The molecule has 0 spiro atoms. The van der Waals surface area contributed by atoms with Crippen LogP contribution in [0, 0.1) is 5.92 Å². The van der Waals surface area contributed by atoms with Gasteiger partial charge in [-0.2, -0.15) is 0 Å². The zero-order valence-electron chi connectivity index (χ0n) is 12.5. The summed E-state index contributed by atoms with van der Waals surface area (Å²) in [5.74, 6) is 0.839. The van der Waals surface area contributed by atoms with E-state index >= 15 is 0 Å². The molecule has 0 bridgehead atoms. The molecule has 0 amide bonds. The van der Waals surface area contributed by atoms with E-state index in [-0.39, 0.29) is 0 Å². The van der Waals surface area contributed by atoms with E-state index in [2.05, 4.69) is 20.6 Å². The van der Waals surface area contributed by atoms with E-state index in [1.54, 1.807) is 11.3 Å². The van der Waals surface area contributed by atoms with Gasteiger partial charge < -0.3 is 5.32 Å². The summed E-state index contributed by atoms with van der Waals surface area (Å²) in [6.45, 7) is 4.48. The summed E-state index contributed by atoms with van der Waals surface area (Å²) in [6.07, 6.45) is 4.40. The minimum atomic E-state index is 0.839. The van der Waals surface area contributed by atoms with Gasteiger partial charge in [0.15, 0.2) is 0 Å². The minimum absolute atomic E-state index is 0.839. The fourth-order valence-corrected chi connectivity index (χ4v) is 3.64. The van der Waals surface area contributed by atoms with Gasteiger partial charge in [-0.15, -0.1) is 11.3 Å². The number of nitrogens with zero attached hydrogens (tertiary/aromatic N) is 3. The number of likely N-dealkylation sites (tertiary alicyclic amines) is 1. The van der Waals surface area contributed by atoms with Crippen LogP contribution in [0.3, 0.4) is 0 Å². The van der Waals surface area contributed by atoms with Crippen LogP contribution in [-0.4, -0.2) is 41.5 Å². The smallest absolute Gasteiger partial charge is 0.142 e. The van der Waals surface area contributed by atoms with Crippen molar-refractivity contribution in [3.05, 3.63) is 35.5 Å². The van der Waals surface area contributed by atoms with E-state index in [9.17, 15) is 0 Å². The van der Waals surface area contributed by atoms with Crippen molar-refractivity contribution in [2.75, 3.05) is 26.7 Å². The summed E-state index contributed by atoms with van der Waals surface area (Å²) >= 11 is 1.69. The molecule has 2 aromatic rings. The molecule has 1 aliphatic heterocycles. The van der Waals surface area contributed by atoms with Gasteiger partial charge in [0.2, 0.25) is 0 Å². The van der Waals surface area contributed by atoms with Crippen LogP contribution in [-0.2, 0) is 6.54 Å². The van der Waals surface area contributed by atoms with Gasteiger partial charge >= 0.3 is 0 Å². The lowest BCUT2D eigenvalue weighted by molar-refractivity contribution is 0.175. The minimum Gasteiger partial charge on any atom is -0.319 e. The van der Waals surface area contributed by atoms with Crippen LogP contribution in [0.5, 0.6) is 0 Å². The first-order chi connectivity index (χ1) is 10.3. The Kier molecular flexibility index (Phi) is 4.95. The number of aromatic nitrogens is 2. The van der Waals surface area contributed by atoms with E-state index in [1.807, 2.05) is 31.4 Å². The van der Waals surface area contributed by atoms with Crippen LogP contribution in [0.15, 0.2) is 29.8 Å². The summed E-state index contributed by atoms with van der Waals surface area (Å²) in [6, 6.07) is 5.97. The molecular weight excluding hydrogens is 280 g/mol. The van der Waals surface area contributed by atoms with Crippen molar-refractivity contribution in [1.29, 1.82) is 0 Å². The van der Waals surface area contributed by atoms with Gasteiger partial charge in [-0.3, -0.25) is 9.88 Å². The SMILES string of the molecule is CNCC1CCN(Cc2csc(-c3ccccn3)n2)CC1. The topological polar surface area (TPSA) is 41.0 Å². The Hall–Kier alpha value is -1.30. The van der Waals surface area contributed by atoms with Gasteiger partial charge in [0, 0.05) is 18.1 Å². The highest BCUT2D eigenvalue weighted by molar-refractivity contribution is 7.13. The highest BCUT2D eigenvalue weighted by Crippen LogP contribution is 2.23. The van der Waals surface area contributed by atoms with Gasteiger partial charge in [-0.1, -0.05) is 6.07 Å². The van der Waals surface area contributed by atoms with E-state index in [0.717, 1.165) is 29.7 Å². The van der Waals surface area contributed by atoms with Crippen LogP contribution in [0.1, 0.15) is 18.5 Å². The Morgan fingerprint density at radius 1 is 1.33 bits per heavy atom. The van der Waals surface area contributed by atoms with Crippen molar-refractivity contribution in [3.8, 4) is 10.7 Å². The van der Waals surface area contributed by atoms with Crippen molar-refractivity contribution >= 4 is 11.3 Å². The van der Waals surface area contributed by atoms with E-state index in [1.165, 1.54) is 31.6 Å². The normalized spacial score (nSPS) is 17.2. The van der Waals surface area contributed by atoms with Crippen LogP contribution in [0.25, 0.3) is 10.7 Å². The lowest BCUT2D eigenvalue weighted by Crippen LogP contribution is -2.36. The zero-order valence-corrected chi connectivity index (χ0v) is 13.3. The summed E-state index contributed by atoms with van der Waals surface area (Å²) < 4.78 is 0. The molecule has 1 fully saturated rings. The van der Waals surface area contributed by atoms with Crippen molar-refractivity contribution in [2.24, 2.45) is 5.92 Å². The van der Waals surface area contributed by atoms with Gasteiger partial charge in [-0.05, 0) is 57.6 Å². The lowest BCUT2D eigenvalue weighted by Gasteiger charge is -2.31. The van der Waals surface area contributed by atoms with E-state index in [4.69, 9.17) is 4.98 Å². The highest BCUT2D eigenvalue weighted by atomic mass is 32.1. The second-order valence-corrected chi connectivity index (χ2v) is 6.49. The van der Waals surface area contributed by atoms with Crippen LogP contribution < -0.4 is 5.32 Å². The molecule has 0 aliphatic carbocycles. The quantitative estimate of drug-likeness (QED) is 0.922. The highest BCUT2D eigenvalue weighted by Gasteiger charge is 2.19. The average molecular weight is 302 g/mol. The summed E-state index contributed by atoms with van der Waals surface area (Å²) in [7, 11) is 2.04. The molecule has 3 rings (SSSR count). The molecule has 0 saturated carbocycles. The number of rotatable bonds is 5. The summed E-state index contributed by atoms with van der Waals surface area (Å²) in [5.41, 5.74) is 2.15. The maximum absolute atomic E-state index is 4.73. The molecule has 21 heavy (non-hydrogen) atoms. The number of pyridine rings is 1. The second kappa shape index (κ2) is 7.11. The fraction of sp³-hybridized carbons (Fsp3) is 0.500. The molecule has 0 radical (unpaired) electrons. The van der Waals surface area contributed by atoms with E-state index in [0.29, 0.717) is 0 Å². The maximum Gasteiger partial charge on any atom is 0.142 e. The van der Waals surface area contributed by atoms with Crippen molar-refractivity contribution in [3.63, 3.8) is 0 Å². The Morgan fingerprint density at radius 3 is 2.90 bits per heavy atom. The van der Waals surface area contributed by atoms with Crippen molar-refractivity contribution < 1.29 is 0 Å². The lowest BCUT2D eigenvalue weighted by atomic mass is 9.97. The van der Waals surface area contributed by atoms with Crippen LogP contribution in [0.2, 0.25) is 0 Å². The number of nitrogens with one attached hydrogen (secondary N) is 1. The van der Waals surface area contributed by atoms with Gasteiger partial charge in [0.1, 0.15) is 5.01 Å². The predicted molar refractivity (Wildman–Crippen MR) is 87.3 cm³/mol. The zero-order chi connectivity index (χ0) is 14.5. The molecule has 1 aliphatic rings. The summed E-state index contributed by atoms with van der Waals surface area (Å²) in [4.78, 5) is 11.6. The van der Waals surface area contributed by atoms with E-state index < -0.39 is 0 Å². The molecule has 112 valence electrons. The molecule has 0 aromatic carbocycles. The molecule has 1 N–H and O–H groups in total. The Balaban J connectivity index is 1.56. The number of piperidine rings is 1. The standard InChI is InChI=1S/C16H22N4S/c1-17-10-13-5-8-20(9-6-13)11-14-12-21-16(19-14)15-4-2-3-7-18-15/h2-4,7,12-13,17H,5-6,8-11H2,1H3. The molecular formula is C16H22N4S. The Labute approximate surface area is 130 Å². The van der Waals surface area contributed by atoms with Gasteiger partial charge in [-0.25, -0.2) is 4.98 Å². The van der Waals surface area contributed by atoms with Crippen molar-refractivity contribution in [1.82, 2.24) is 20.2 Å². The van der Waals surface area contributed by atoms with Crippen LogP contribution in [0.4, 0.5) is 0 Å². The van der Waals surface area contributed by atoms with Gasteiger partial charge in [0.05, 0.1) is 11.4 Å². The molecule has 0 unspecified atom stereocenters. The first kappa shape index (κ1) is 14.6. The van der Waals surface area contributed by atoms with Crippen molar-refractivity contribution in [2.45, 2.75) is 19.4 Å². The molecule has 1 saturated heterocycles. The van der Waals surface area contributed by atoms with Gasteiger partial charge in [0.25, 0.3) is 0 Å². The molecule has 2 aromatic heterocycles. The fourth-order valence-electron chi connectivity index (χ4n) is 2.85. The third kappa shape index (κ3) is 3.87. The Bertz CT molecular complexity index is 546. The molecule has 4 nitrogen and oxygen atoms in total. The third-order valence-electron chi connectivity index (χ3n) is 4.02. The predicted octanol–water partition coefficient (Wildman–Crippen LogP) is 2.64. The second-order valence-electron chi connectivity index (χ2n) is 5.64. The van der Waals surface area contributed by atoms with Crippen LogP contribution >= 0.6 is 11.3 Å². The number of hydrogen-bond acceptors (Lipinski definition) is 5.